The lowest BCUT2D eigenvalue weighted by Crippen LogP contribution is -2.51. The van der Waals surface area contributed by atoms with Gasteiger partial charge in [0, 0.05) is 49.3 Å². The number of piperazine rings is 1. The van der Waals surface area contributed by atoms with Gasteiger partial charge in [-0.3, -0.25) is 9.69 Å². The molecule has 0 bridgehead atoms. The molecule has 0 atom stereocenters. The van der Waals surface area contributed by atoms with E-state index in [9.17, 15) is 18.0 Å². The Kier molecular flexibility index (Phi) is 5.83. The van der Waals surface area contributed by atoms with E-state index in [1.165, 1.54) is 17.0 Å². The number of anilines is 1. The van der Waals surface area contributed by atoms with Gasteiger partial charge in [0.15, 0.2) is 0 Å². The summed E-state index contributed by atoms with van der Waals surface area (Å²) in [5.41, 5.74) is -0.0774. The molecule has 0 unspecified atom stereocenters. The minimum atomic E-state index is -4.34. The zero-order valence-corrected chi connectivity index (χ0v) is 16.9. The molecule has 0 N–H and O–H groups in total. The zero-order valence-electron chi connectivity index (χ0n) is 16.1. The number of amides is 1. The first-order chi connectivity index (χ1) is 13.9. The van der Waals surface area contributed by atoms with Crippen molar-refractivity contribution in [2.75, 3.05) is 37.6 Å². The summed E-state index contributed by atoms with van der Waals surface area (Å²) in [5, 5.41) is 2.05. The van der Waals surface area contributed by atoms with E-state index in [2.05, 4.69) is 16.3 Å². The predicted octanol–water partition coefficient (Wildman–Crippen LogP) is 4.08. The highest BCUT2D eigenvalue weighted by atomic mass is 32.1. The van der Waals surface area contributed by atoms with Crippen molar-refractivity contribution in [3.8, 4) is 0 Å². The molecule has 2 aromatic rings. The van der Waals surface area contributed by atoms with E-state index in [4.69, 9.17) is 0 Å². The van der Waals surface area contributed by atoms with Gasteiger partial charge in [0.05, 0.1) is 12.1 Å². The van der Waals surface area contributed by atoms with Crippen LogP contribution >= 0.6 is 11.3 Å². The van der Waals surface area contributed by atoms with Crippen molar-refractivity contribution < 1.29 is 18.0 Å². The number of alkyl halides is 3. The molecule has 1 aliphatic heterocycles. The molecule has 1 aliphatic carbocycles. The molecule has 1 saturated heterocycles. The fourth-order valence-corrected chi connectivity index (χ4v) is 4.45. The van der Waals surface area contributed by atoms with Crippen molar-refractivity contribution in [2.45, 2.75) is 31.6 Å². The van der Waals surface area contributed by atoms with Crippen molar-refractivity contribution in [3.63, 3.8) is 0 Å². The van der Waals surface area contributed by atoms with Crippen LogP contribution in [0.15, 0.2) is 41.8 Å². The van der Waals surface area contributed by atoms with E-state index in [-0.39, 0.29) is 5.91 Å². The molecule has 1 saturated carbocycles. The Labute approximate surface area is 172 Å². The molecule has 1 amide bonds. The number of nitrogens with zero attached hydrogens (tertiary/aromatic N) is 3. The van der Waals surface area contributed by atoms with Gasteiger partial charge in [-0.25, -0.2) is 0 Å². The van der Waals surface area contributed by atoms with Gasteiger partial charge < -0.3 is 9.80 Å². The molecule has 8 heteroatoms. The Morgan fingerprint density at radius 1 is 1.10 bits per heavy atom. The number of hydrogen-bond acceptors (Lipinski definition) is 4. The van der Waals surface area contributed by atoms with Gasteiger partial charge in [-0.1, -0.05) is 12.1 Å². The number of carbonyl (C=O) groups excluding carboxylic acids is 1. The van der Waals surface area contributed by atoms with Gasteiger partial charge in [0.25, 0.3) is 0 Å². The normalized spacial score (nSPS) is 17.8. The fraction of sp³-hybridized carbons (Fsp3) is 0.476. The molecular formula is C21H24F3N3OS. The second-order valence-corrected chi connectivity index (χ2v) is 8.66. The van der Waals surface area contributed by atoms with Gasteiger partial charge in [-0.2, -0.15) is 13.2 Å². The molecule has 156 valence electrons. The quantitative estimate of drug-likeness (QED) is 0.701. The maximum absolute atomic E-state index is 13.0. The summed E-state index contributed by atoms with van der Waals surface area (Å²) in [6.45, 7) is 3.37. The molecule has 1 aromatic carbocycles. The highest BCUT2D eigenvalue weighted by Crippen LogP contribution is 2.32. The Hall–Kier alpha value is -2.06. The van der Waals surface area contributed by atoms with E-state index < -0.39 is 11.7 Å². The standard InChI is InChI=1S/C21H24F3N3OS/c22-21(23,24)16-3-1-4-18(13-16)25-8-10-26(11-9-25)20(28)15-27(17-6-7-17)14-19-5-2-12-29-19/h1-5,12-13,17H,6-11,14-15H2. The Balaban J connectivity index is 1.32. The topological polar surface area (TPSA) is 26.8 Å². The van der Waals surface area contributed by atoms with E-state index in [0.717, 1.165) is 25.5 Å². The third-order valence-corrected chi connectivity index (χ3v) is 6.37. The van der Waals surface area contributed by atoms with Crippen molar-refractivity contribution in [3.05, 3.63) is 52.2 Å². The maximum atomic E-state index is 13.0. The minimum absolute atomic E-state index is 0.108. The van der Waals surface area contributed by atoms with E-state index in [1.807, 2.05) is 15.9 Å². The summed E-state index contributed by atoms with van der Waals surface area (Å²) in [4.78, 5) is 20.1. The molecule has 0 spiro atoms. The van der Waals surface area contributed by atoms with Crippen LogP contribution in [0.1, 0.15) is 23.3 Å². The minimum Gasteiger partial charge on any atom is -0.368 e. The van der Waals surface area contributed by atoms with Crippen LogP contribution in [-0.2, 0) is 17.5 Å². The van der Waals surface area contributed by atoms with Gasteiger partial charge >= 0.3 is 6.18 Å². The van der Waals surface area contributed by atoms with E-state index >= 15 is 0 Å². The Bertz CT molecular complexity index is 828. The van der Waals surface area contributed by atoms with Gasteiger partial charge in [0.1, 0.15) is 0 Å². The van der Waals surface area contributed by atoms with Crippen LogP contribution in [0.25, 0.3) is 0 Å². The third kappa shape index (κ3) is 5.11. The number of carbonyl (C=O) groups is 1. The van der Waals surface area contributed by atoms with Gasteiger partial charge in [-0.05, 0) is 42.5 Å². The van der Waals surface area contributed by atoms with Crippen LogP contribution in [-0.4, -0.2) is 54.5 Å². The van der Waals surface area contributed by atoms with Crippen LogP contribution in [0.2, 0.25) is 0 Å². The smallest absolute Gasteiger partial charge is 0.368 e. The molecule has 4 rings (SSSR count). The van der Waals surface area contributed by atoms with Crippen LogP contribution in [0.4, 0.5) is 18.9 Å². The Morgan fingerprint density at radius 3 is 2.48 bits per heavy atom. The molecule has 1 aromatic heterocycles. The number of rotatable bonds is 6. The van der Waals surface area contributed by atoms with Gasteiger partial charge in [0.2, 0.25) is 5.91 Å². The average Bonchev–Trinajstić information content (AvgIpc) is 3.44. The SMILES string of the molecule is O=C(CN(Cc1cccs1)C1CC1)N1CCN(c2cccc(C(F)(F)F)c2)CC1. The summed E-state index contributed by atoms with van der Waals surface area (Å²) < 4.78 is 38.9. The first-order valence-electron chi connectivity index (χ1n) is 9.86. The summed E-state index contributed by atoms with van der Waals surface area (Å²) in [6.07, 6.45) is -2.06. The zero-order chi connectivity index (χ0) is 20.4. The highest BCUT2D eigenvalue weighted by Gasteiger charge is 2.33. The summed E-state index contributed by atoms with van der Waals surface area (Å²) in [6, 6.07) is 10.0. The van der Waals surface area contributed by atoms with Crippen molar-refractivity contribution in [1.29, 1.82) is 0 Å². The number of hydrogen-bond donors (Lipinski definition) is 0. The highest BCUT2D eigenvalue weighted by molar-refractivity contribution is 7.09. The number of halogens is 3. The molecule has 2 aliphatic rings. The molecular weight excluding hydrogens is 399 g/mol. The summed E-state index contributed by atoms with van der Waals surface area (Å²) in [7, 11) is 0. The third-order valence-electron chi connectivity index (χ3n) is 5.51. The molecule has 0 radical (unpaired) electrons. The second-order valence-electron chi connectivity index (χ2n) is 7.63. The lowest BCUT2D eigenvalue weighted by molar-refractivity contribution is -0.137. The first kappa shape index (κ1) is 20.2. The van der Waals surface area contributed by atoms with Crippen LogP contribution in [0.5, 0.6) is 0 Å². The largest absolute Gasteiger partial charge is 0.416 e. The van der Waals surface area contributed by atoms with Gasteiger partial charge in [-0.15, -0.1) is 11.3 Å². The van der Waals surface area contributed by atoms with Crippen LogP contribution < -0.4 is 4.90 Å². The Morgan fingerprint density at radius 2 is 1.86 bits per heavy atom. The lowest BCUT2D eigenvalue weighted by atomic mass is 10.1. The summed E-state index contributed by atoms with van der Waals surface area (Å²) in [5.74, 6) is 0.108. The maximum Gasteiger partial charge on any atom is 0.416 e. The van der Waals surface area contributed by atoms with Crippen molar-refractivity contribution in [1.82, 2.24) is 9.80 Å². The molecule has 4 nitrogen and oxygen atoms in total. The second kappa shape index (κ2) is 8.36. The summed E-state index contributed by atoms with van der Waals surface area (Å²) >= 11 is 1.71. The number of benzene rings is 1. The van der Waals surface area contributed by atoms with E-state index in [0.29, 0.717) is 44.5 Å². The predicted molar refractivity (Wildman–Crippen MR) is 108 cm³/mol. The lowest BCUT2D eigenvalue weighted by Gasteiger charge is -2.37. The van der Waals surface area contributed by atoms with Crippen molar-refractivity contribution in [2.24, 2.45) is 0 Å². The number of thiophene rings is 1. The molecule has 2 heterocycles. The fourth-order valence-electron chi connectivity index (χ4n) is 3.72. The van der Waals surface area contributed by atoms with Crippen LogP contribution in [0.3, 0.4) is 0 Å². The first-order valence-corrected chi connectivity index (χ1v) is 10.7. The van der Waals surface area contributed by atoms with Crippen molar-refractivity contribution >= 4 is 22.9 Å². The van der Waals surface area contributed by atoms with Crippen LogP contribution in [0, 0.1) is 0 Å². The molecule has 29 heavy (non-hydrogen) atoms. The molecule has 2 fully saturated rings. The monoisotopic (exact) mass is 423 g/mol. The average molecular weight is 424 g/mol. The van der Waals surface area contributed by atoms with E-state index in [1.54, 1.807) is 17.4 Å².